The zero-order valence-corrected chi connectivity index (χ0v) is 23.0. The Morgan fingerprint density at radius 2 is 2.10 bits per heavy atom. The van der Waals surface area contributed by atoms with Crippen LogP contribution < -0.4 is 25.0 Å². The van der Waals surface area contributed by atoms with Crippen molar-refractivity contribution in [2.45, 2.75) is 31.9 Å². The third-order valence-corrected chi connectivity index (χ3v) is 7.04. The number of ether oxygens (including phenoxy) is 3. The number of fused-ring (bicyclic) bond motifs is 2. The molecule has 0 radical (unpaired) electrons. The maximum Gasteiger partial charge on any atom is 0.414 e. The fourth-order valence-corrected chi connectivity index (χ4v) is 5.00. The van der Waals surface area contributed by atoms with E-state index < -0.39 is 18.0 Å². The summed E-state index contributed by atoms with van der Waals surface area (Å²) in [6.45, 7) is 1.78. The molecule has 1 saturated heterocycles. The van der Waals surface area contributed by atoms with Gasteiger partial charge in [-0.1, -0.05) is 0 Å². The summed E-state index contributed by atoms with van der Waals surface area (Å²) in [4.78, 5) is 47.3. The molecule has 13 nitrogen and oxygen atoms in total. The van der Waals surface area contributed by atoms with E-state index in [1.165, 1.54) is 18.2 Å². The molecule has 222 valence electrons. The van der Waals surface area contributed by atoms with E-state index in [4.69, 9.17) is 19.3 Å². The van der Waals surface area contributed by atoms with E-state index in [-0.39, 0.29) is 31.7 Å². The number of rotatable bonds is 12. The summed E-state index contributed by atoms with van der Waals surface area (Å²) in [7, 11) is 1.48. The Balaban J connectivity index is 1.23. The zero-order valence-electron chi connectivity index (χ0n) is 23.0. The van der Waals surface area contributed by atoms with Crippen LogP contribution in [0.15, 0.2) is 36.5 Å². The number of benzene rings is 1. The Bertz CT molecular complexity index is 1490. The zero-order chi connectivity index (χ0) is 29.6. The first kappa shape index (κ1) is 28.8. The van der Waals surface area contributed by atoms with Gasteiger partial charge in [0, 0.05) is 37.0 Å². The predicted molar refractivity (Wildman–Crippen MR) is 149 cm³/mol. The van der Waals surface area contributed by atoms with Crippen LogP contribution in [0.2, 0.25) is 0 Å². The first-order chi connectivity index (χ1) is 20.3. The molecule has 42 heavy (non-hydrogen) atoms. The number of pyridine rings is 2. The second kappa shape index (κ2) is 12.9. The van der Waals surface area contributed by atoms with Crippen LogP contribution in [-0.2, 0) is 16.1 Å². The van der Waals surface area contributed by atoms with E-state index in [1.54, 1.807) is 30.3 Å². The fraction of sp³-hybridized carbons (Fsp3) is 0.393. The van der Waals surface area contributed by atoms with Gasteiger partial charge < -0.3 is 30.0 Å². The predicted octanol–water partition coefficient (Wildman–Crippen LogP) is 3.37. The number of aromatic nitrogens is 2. The molecule has 5 rings (SSSR count). The number of anilines is 2. The number of nitrogens with one attached hydrogen (secondary N) is 2. The highest BCUT2D eigenvalue weighted by Crippen LogP contribution is 2.34. The molecule has 0 bridgehead atoms. The van der Waals surface area contributed by atoms with Crippen molar-refractivity contribution in [1.29, 1.82) is 0 Å². The number of nitrogens with zero attached hydrogens (tertiary/aromatic N) is 4. The van der Waals surface area contributed by atoms with E-state index in [9.17, 15) is 18.8 Å². The van der Waals surface area contributed by atoms with E-state index in [0.717, 1.165) is 0 Å². The number of amides is 3. The third-order valence-electron chi connectivity index (χ3n) is 7.04. The van der Waals surface area contributed by atoms with Gasteiger partial charge in [0.1, 0.15) is 23.2 Å². The Morgan fingerprint density at radius 1 is 1.26 bits per heavy atom. The molecular formula is C28H31FN6O7. The van der Waals surface area contributed by atoms with Gasteiger partial charge in [0.25, 0.3) is 5.91 Å². The maximum absolute atomic E-state index is 15.0. The lowest BCUT2D eigenvalue weighted by Gasteiger charge is -2.24. The first-order valence-corrected chi connectivity index (χ1v) is 13.5. The molecule has 0 aliphatic carbocycles. The van der Waals surface area contributed by atoms with Crippen molar-refractivity contribution in [2.75, 3.05) is 50.1 Å². The first-order valence-electron chi connectivity index (χ1n) is 13.5. The van der Waals surface area contributed by atoms with Crippen LogP contribution in [0.4, 0.5) is 25.4 Å². The average molecular weight is 583 g/mol. The van der Waals surface area contributed by atoms with Gasteiger partial charge in [-0.15, -0.1) is 0 Å². The number of carbonyl (C=O) groups is 3. The molecule has 3 amide bonds. The minimum absolute atomic E-state index is 0.0536. The Morgan fingerprint density at radius 3 is 2.90 bits per heavy atom. The van der Waals surface area contributed by atoms with Crippen molar-refractivity contribution in [3.05, 3.63) is 47.9 Å². The van der Waals surface area contributed by atoms with Crippen LogP contribution in [0.25, 0.3) is 11.0 Å². The Kier molecular flexibility index (Phi) is 8.81. The lowest BCUT2D eigenvalue weighted by Crippen LogP contribution is -2.31. The molecule has 4 heterocycles. The highest BCUT2D eigenvalue weighted by Gasteiger charge is 2.33. The van der Waals surface area contributed by atoms with Gasteiger partial charge >= 0.3 is 12.2 Å². The summed E-state index contributed by atoms with van der Waals surface area (Å²) in [5.41, 5.74) is 2.38. The monoisotopic (exact) mass is 582 g/mol. The smallest absolute Gasteiger partial charge is 0.414 e. The quantitative estimate of drug-likeness (QED) is 0.271. The lowest BCUT2D eigenvalue weighted by atomic mass is 10.1. The molecule has 2 aliphatic heterocycles. The summed E-state index contributed by atoms with van der Waals surface area (Å²) in [5.74, 6) is 0.117. The summed E-state index contributed by atoms with van der Waals surface area (Å²) in [6, 6.07) is 8.50. The molecule has 0 spiro atoms. The van der Waals surface area contributed by atoms with Crippen molar-refractivity contribution in [3.63, 3.8) is 0 Å². The Hall–Kier alpha value is -4.72. The van der Waals surface area contributed by atoms with E-state index in [2.05, 4.69) is 20.6 Å². The second-order valence-corrected chi connectivity index (χ2v) is 9.94. The lowest BCUT2D eigenvalue weighted by molar-refractivity contribution is -0.118. The van der Waals surface area contributed by atoms with E-state index in [0.29, 0.717) is 78.5 Å². The van der Waals surface area contributed by atoms with Crippen molar-refractivity contribution in [2.24, 2.45) is 0 Å². The van der Waals surface area contributed by atoms with Gasteiger partial charge in [-0.05, 0) is 50.1 Å². The van der Waals surface area contributed by atoms with Crippen molar-refractivity contribution in [1.82, 2.24) is 20.2 Å². The molecule has 0 unspecified atom stereocenters. The molecule has 1 aromatic carbocycles. The van der Waals surface area contributed by atoms with Crippen LogP contribution in [-0.4, -0.2) is 84.1 Å². The number of carboxylic acid groups (broad SMARTS) is 1. The van der Waals surface area contributed by atoms with Crippen LogP contribution in [0.3, 0.4) is 0 Å². The molecule has 3 aromatic rings. The molecule has 2 aliphatic rings. The normalized spacial score (nSPS) is 16.2. The van der Waals surface area contributed by atoms with Gasteiger partial charge in [-0.3, -0.25) is 19.6 Å². The number of cyclic esters (lactones) is 1. The highest BCUT2D eigenvalue weighted by atomic mass is 19.1. The van der Waals surface area contributed by atoms with Gasteiger partial charge in [-0.2, -0.15) is 0 Å². The van der Waals surface area contributed by atoms with Crippen molar-refractivity contribution >= 4 is 40.5 Å². The highest BCUT2D eigenvalue weighted by molar-refractivity contribution is 5.97. The fourth-order valence-electron chi connectivity index (χ4n) is 5.00. The summed E-state index contributed by atoms with van der Waals surface area (Å²) in [6.07, 6.45) is 0.921. The van der Waals surface area contributed by atoms with Crippen molar-refractivity contribution < 1.29 is 38.1 Å². The molecule has 1 atom stereocenters. The van der Waals surface area contributed by atoms with Gasteiger partial charge in [0.15, 0.2) is 6.61 Å². The Labute approximate surface area is 240 Å². The van der Waals surface area contributed by atoms with Gasteiger partial charge in [0.2, 0.25) is 5.88 Å². The summed E-state index contributed by atoms with van der Waals surface area (Å²) in [5, 5.41) is 14.0. The maximum atomic E-state index is 15.0. The molecule has 14 heteroatoms. The second-order valence-electron chi connectivity index (χ2n) is 9.94. The van der Waals surface area contributed by atoms with E-state index >= 15 is 0 Å². The van der Waals surface area contributed by atoms with Gasteiger partial charge in [0.05, 0.1) is 31.1 Å². The minimum atomic E-state index is -1.11. The largest absolute Gasteiger partial charge is 0.482 e. The SMILES string of the molecule is COc1ccc2ncc(F)c(CN(CCCNC(=O)O)CCC[C@@H]3CN(c4ccc5c(c4)NC(=O)CO5)C(=O)O3)c2n1. The molecular weight excluding hydrogens is 551 g/mol. The molecule has 0 saturated carbocycles. The molecule has 2 aromatic heterocycles. The van der Waals surface area contributed by atoms with E-state index in [1.807, 2.05) is 4.90 Å². The van der Waals surface area contributed by atoms with Crippen LogP contribution >= 0.6 is 0 Å². The summed E-state index contributed by atoms with van der Waals surface area (Å²) < 4.78 is 31.2. The molecule has 1 fully saturated rings. The summed E-state index contributed by atoms with van der Waals surface area (Å²) >= 11 is 0. The van der Waals surface area contributed by atoms with Crippen LogP contribution in [0.5, 0.6) is 11.6 Å². The van der Waals surface area contributed by atoms with Crippen LogP contribution in [0, 0.1) is 5.82 Å². The van der Waals surface area contributed by atoms with Crippen LogP contribution in [0.1, 0.15) is 24.8 Å². The topological polar surface area (TPSA) is 155 Å². The van der Waals surface area contributed by atoms with Crippen molar-refractivity contribution in [3.8, 4) is 11.6 Å². The molecule has 3 N–H and O–H groups in total. The number of methoxy groups -OCH3 is 1. The number of carbonyl (C=O) groups excluding carboxylic acids is 2. The number of hydrogen-bond donors (Lipinski definition) is 3. The average Bonchev–Trinajstić information content (AvgIpc) is 3.35. The standard InChI is InChI=1S/C28H31FN6O7/c1-40-25-8-6-21-26(33-25)19(20(29)13-31-21)15-34(11-3-9-30-27(37)38)10-2-4-18-14-35(28(39)42-18)17-5-7-23-22(12-17)32-24(36)16-41-23/h5-8,12-13,18,30H,2-4,9-11,14-16H2,1H3,(H,32,36)(H,37,38)/t18-/m1/s1. The number of hydrogen-bond acceptors (Lipinski definition) is 9. The minimum Gasteiger partial charge on any atom is -0.482 e. The van der Waals surface area contributed by atoms with Gasteiger partial charge in [-0.25, -0.2) is 19.0 Å². The third kappa shape index (κ3) is 6.77. The number of halogens is 1.